The van der Waals surface area contributed by atoms with Crippen LogP contribution in [0.1, 0.15) is 43.2 Å². The van der Waals surface area contributed by atoms with Crippen LogP contribution in [0.3, 0.4) is 0 Å². The molecular formula is C11H19N3O4S. The summed E-state index contributed by atoms with van der Waals surface area (Å²) >= 11 is 0. The molecule has 1 aliphatic heterocycles. The second-order valence-electron chi connectivity index (χ2n) is 5.16. The van der Waals surface area contributed by atoms with Gasteiger partial charge in [-0.15, -0.1) is 0 Å². The fourth-order valence-corrected chi connectivity index (χ4v) is 4.01. The number of ether oxygens (including phenoxy) is 1. The lowest BCUT2D eigenvalue weighted by atomic mass is 10.1. The fraction of sp³-hybridized carbons (Fsp3) is 0.818. The van der Waals surface area contributed by atoms with E-state index in [-0.39, 0.29) is 24.1 Å². The molecule has 1 aliphatic rings. The van der Waals surface area contributed by atoms with Crippen LogP contribution >= 0.6 is 0 Å². The lowest BCUT2D eigenvalue weighted by Crippen LogP contribution is -2.39. The Bertz CT molecular complexity index is 538. The van der Waals surface area contributed by atoms with Gasteiger partial charge < -0.3 is 15.0 Å². The highest BCUT2D eigenvalue weighted by Gasteiger charge is 2.36. The molecule has 8 heteroatoms. The largest absolute Gasteiger partial charge is 0.382 e. The molecule has 7 nitrogen and oxygen atoms in total. The first kappa shape index (κ1) is 14.4. The minimum atomic E-state index is -3.19. The molecule has 2 unspecified atom stereocenters. The van der Waals surface area contributed by atoms with Gasteiger partial charge in [-0.3, -0.25) is 0 Å². The molecule has 0 saturated carbocycles. The Hall–Kier alpha value is -0.990. The summed E-state index contributed by atoms with van der Waals surface area (Å²) < 4.78 is 34.1. The van der Waals surface area contributed by atoms with Gasteiger partial charge in [0.15, 0.2) is 15.7 Å². The summed E-state index contributed by atoms with van der Waals surface area (Å²) in [4.78, 5) is 4.16. The zero-order valence-electron chi connectivity index (χ0n) is 11.1. The molecule has 0 bridgehead atoms. The van der Waals surface area contributed by atoms with Crippen LogP contribution in [0.15, 0.2) is 4.52 Å². The third kappa shape index (κ3) is 2.96. The first-order valence-corrected chi connectivity index (χ1v) is 7.92. The van der Waals surface area contributed by atoms with Crippen molar-refractivity contribution in [2.24, 2.45) is 5.73 Å². The molecule has 1 fully saturated rings. The predicted octanol–water partition coefficient (Wildman–Crippen LogP) is 0.530. The van der Waals surface area contributed by atoms with Crippen molar-refractivity contribution in [3.05, 3.63) is 11.7 Å². The van der Waals surface area contributed by atoms with E-state index in [4.69, 9.17) is 15.0 Å². The van der Waals surface area contributed by atoms with Crippen LogP contribution in [-0.2, 0) is 20.1 Å². The van der Waals surface area contributed by atoms with Crippen LogP contribution in [0.2, 0.25) is 0 Å². The molecule has 1 aromatic heterocycles. The molecule has 0 spiro atoms. The molecule has 0 radical (unpaired) electrons. The van der Waals surface area contributed by atoms with E-state index in [1.54, 1.807) is 6.92 Å². The molecule has 1 aromatic rings. The zero-order chi connectivity index (χ0) is 14.1. The summed E-state index contributed by atoms with van der Waals surface area (Å²) in [5.74, 6) is 0.584. The highest BCUT2D eigenvalue weighted by Crippen LogP contribution is 2.32. The number of hydrogen-bond acceptors (Lipinski definition) is 7. The highest BCUT2D eigenvalue weighted by atomic mass is 32.2. The Labute approximate surface area is 112 Å². The number of rotatable bonds is 4. The van der Waals surface area contributed by atoms with Crippen LogP contribution < -0.4 is 5.73 Å². The first-order chi connectivity index (χ1) is 8.87. The third-order valence-corrected chi connectivity index (χ3v) is 5.41. The van der Waals surface area contributed by atoms with E-state index in [9.17, 15) is 8.42 Å². The van der Waals surface area contributed by atoms with Crippen LogP contribution in [0, 0.1) is 0 Å². The molecule has 1 saturated heterocycles. The average molecular weight is 289 g/mol. The number of methoxy groups -OCH3 is 1. The lowest BCUT2D eigenvalue weighted by Gasteiger charge is -2.19. The summed E-state index contributed by atoms with van der Waals surface area (Å²) in [7, 11) is -1.66. The Morgan fingerprint density at radius 1 is 1.53 bits per heavy atom. The summed E-state index contributed by atoms with van der Waals surface area (Å²) in [6.45, 7) is 1.93. The summed E-state index contributed by atoms with van der Waals surface area (Å²) in [6.07, 6.45) is 2.06. The van der Waals surface area contributed by atoms with Crippen molar-refractivity contribution in [1.29, 1.82) is 0 Å². The smallest absolute Gasteiger partial charge is 0.245 e. The monoisotopic (exact) mass is 289 g/mol. The maximum absolute atomic E-state index is 12.0. The molecule has 19 heavy (non-hydrogen) atoms. The van der Waals surface area contributed by atoms with Crippen molar-refractivity contribution >= 4 is 9.84 Å². The van der Waals surface area contributed by atoms with E-state index in [2.05, 4.69) is 10.1 Å². The first-order valence-electron chi connectivity index (χ1n) is 6.20. The number of hydrogen-bond donors (Lipinski definition) is 1. The highest BCUT2D eigenvalue weighted by molar-refractivity contribution is 7.91. The van der Waals surface area contributed by atoms with Gasteiger partial charge in [0.1, 0.15) is 10.8 Å². The standard InChI is InChI=1S/C11H19N3O4S/c1-11(12,7-17-2)10-13-9(18-14-10)8-5-3-4-6-19(8,15)16/h8H,3-7,12H2,1-2H3. The van der Waals surface area contributed by atoms with E-state index >= 15 is 0 Å². The number of nitrogens with two attached hydrogens (primary N) is 1. The number of nitrogens with zero attached hydrogens (tertiary/aromatic N) is 2. The van der Waals surface area contributed by atoms with Gasteiger partial charge in [0.05, 0.1) is 12.4 Å². The molecule has 0 aliphatic carbocycles. The molecule has 0 amide bonds. The van der Waals surface area contributed by atoms with Crippen LogP contribution in [0.4, 0.5) is 0 Å². The summed E-state index contributed by atoms with van der Waals surface area (Å²) in [5.41, 5.74) is 5.11. The molecule has 2 atom stereocenters. The van der Waals surface area contributed by atoms with Gasteiger partial charge in [0, 0.05) is 7.11 Å². The van der Waals surface area contributed by atoms with Gasteiger partial charge in [0.2, 0.25) is 5.89 Å². The minimum absolute atomic E-state index is 0.141. The van der Waals surface area contributed by atoms with Gasteiger partial charge in [0.25, 0.3) is 0 Å². The minimum Gasteiger partial charge on any atom is -0.382 e. The maximum atomic E-state index is 12.0. The second-order valence-corrected chi connectivity index (χ2v) is 7.46. The van der Waals surface area contributed by atoms with Gasteiger partial charge >= 0.3 is 0 Å². The second kappa shape index (κ2) is 5.18. The van der Waals surface area contributed by atoms with E-state index in [0.29, 0.717) is 12.8 Å². The zero-order valence-corrected chi connectivity index (χ0v) is 11.9. The lowest BCUT2D eigenvalue weighted by molar-refractivity contribution is 0.135. The van der Waals surface area contributed by atoms with Gasteiger partial charge in [-0.1, -0.05) is 11.6 Å². The average Bonchev–Trinajstić information content (AvgIpc) is 2.78. The number of aromatic nitrogens is 2. The summed E-state index contributed by atoms with van der Waals surface area (Å²) in [5, 5.41) is 3.10. The van der Waals surface area contributed by atoms with Crippen molar-refractivity contribution in [1.82, 2.24) is 10.1 Å². The van der Waals surface area contributed by atoms with E-state index < -0.39 is 20.6 Å². The van der Waals surface area contributed by atoms with Crippen molar-refractivity contribution in [3.8, 4) is 0 Å². The van der Waals surface area contributed by atoms with Gasteiger partial charge in [-0.2, -0.15) is 4.98 Å². The Morgan fingerprint density at radius 2 is 2.26 bits per heavy atom. The van der Waals surface area contributed by atoms with Crippen LogP contribution in [0.5, 0.6) is 0 Å². The van der Waals surface area contributed by atoms with Crippen molar-refractivity contribution < 1.29 is 17.7 Å². The molecule has 0 aromatic carbocycles. The SMILES string of the molecule is COCC(C)(N)c1noc(C2CCCCS2(=O)=O)n1. The number of sulfone groups is 1. The maximum Gasteiger partial charge on any atom is 0.245 e. The summed E-state index contributed by atoms with van der Waals surface area (Å²) in [6, 6.07) is 0. The molecule has 108 valence electrons. The Morgan fingerprint density at radius 3 is 2.89 bits per heavy atom. The van der Waals surface area contributed by atoms with Crippen molar-refractivity contribution in [2.45, 2.75) is 37.0 Å². The molecule has 2 N–H and O–H groups in total. The Balaban J connectivity index is 2.26. The van der Waals surface area contributed by atoms with Crippen LogP contribution in [0.25, 0.3) is 0 Å². The van der Waals surface area contributed by atoms with Crippen LogP contribution in [-0.4, -0.2) is 38.0 Å². The van der Waals surface area contributed by atoms with Gasteiger partial charge in [-0.25, -0.2) is 8.42 Å². The predicted molar refractivity (Wildman–Crippen MR) is 68.1 cm³/mol. The van der Waals surface area contributed by atoms with Gasteiger partial charge in [-0.05, 0) is 19.8 Å². The molecule has 2 heterocycles. The normalized spacial score (nSPS) is 25.9. The van der Waals surface area contributed by atoms with E-state index in [0.717, 1.165) is 6.42 Å². The fourth-order valence-electron chi connectivity index (χ4n) is 2.19. The van der Waals surface area contributed by atoms with Crippen molar-refractivity contribution in [2.75, 3.05) is 19.5 Å². The van der Waals surface area contributed by atoms with Crippen molar-refractivity contribution in [3.63, 3.8) is 0 Å². The topological polar surface area (TPSA) is 108 Å². The molecular weight excluding hydrogens is 270 g/mol. The van der Waals surface area contributed by atoms with E-state index in [1.807, 2.05) is 0 Å². The third-order valence-electron chi connectivity index (χ3n) is 3.25. The quantitative estimate of drug-likeness (QED) is 0.861. The van der Waals surface area contributed by atoms with E-state index in [1.165, 1.54) is 7.11 Å². The Kier molecular flexibility index (Phi) is 3.93. The molecule has 2 rings (SSSR count).